The van der Waals surface area contributed by atoms with Crippen LogP contribution in [0.4, 0.5) is 5.69 Å². The summed E-state index contributed by atoms with van der Waals surface area (Å²) in [5.74, 6) is -0.0658. The van der Waals surface area contributed by atoms with Crippen LogP contribution in [0.2, 0.25) is 0 Å². The number of furan rings is 1. The number of amides is 1. The summed E-state index contributed by atoms with van der Waals surface area (Å²) in [5.41, 5.74) is 5.66. The molecule has 7 heteroatoms. The van der Waals surface area contributed by atoms with Crippen molar-refractivity contribution < 1.29 is 9.21 Å². The zero-order valence-corrected chi connectivity index (χ0v) is 19.9. The number of carbonyl (C=O) groups is 1. The molecule has 0 radical (unpaired) electrons. The summed E-state index contributed by atoms with van der Waals surface area (Å²) >= 11 is 1.22. The van der Waals surface area contributed by atoms with Gasteiger partial charge in [-0.3, -0.25) is 14.2 Å². The molecule has 0 bridgehead atoms. The van der Waals surface area contributed by atoms with Gasteiger partial charge in [0, 0.05) is 11.1 Å². The van der Waals surface area contributed by atoms with Crippen LogP contribution < -0.4 is 10.9 Å². The Morgan fingerprint density at radius 3 is 2.41 bits per heavy atom. The van der Waals surface area contributed by atoms with E-state index < -0.39 is 0 Å². The summed E-state index contributed by atoms with van der Waals surface area (Å²) in [6, 6.07) is 21.0. The van der Waals surface area contributed by atoms with E-state index in [4.69, 9.17) is 9.40 Å². The highest BCUT2D eigenvalue weighted by Gasteiger charge is 2.19. The van der Waals surface area contributed by atoms with Crippen molar-refractivity contribution in [2.24, 2.45) is 0 Å². The highest BCUT2D eigenvalue weighted by atomic mass is 32.2. The molecule has 2 heterocycles. The number of para-hydroxylation sites is 1. The van der Waals surface area contributed by atoms with Crippen LogP contribution in [0.1, 0.15) is 16.7 Å². The third-order valence-electron chi connectivity index (χ3n) is 5.50. The van der Waals surface area contributed by atoms with Gasteiger partial charge < -0.3 is 9.73 Å². The second-order valence-electron chi connectivity index (χ2n) is 8.36. The molecule has 5 aromatic rings. The van der Waals surface area contributed by atoms with E-state index in [1.165, 1.54) is 16.3 Å². The smallest absolute Gasteiger partial charge is 0.302 e. The van der Waals surface area contributed by atoms with Crippen LogP contribution >= 0.6 is 11.8 Å². The quantitative estimate of drug-likeness (QED) is 0.260. The first-order valence-electron chi connectivity index (χ1n) is 10.9. The van der Waals surface area contributed by atoms with Gasteiger partial charge in [-0.15, -0.1) is 0 Å². The third-order valence-corrected chi connectivity index (χ3v) is 6.43. The molecule has 5 rings (SSSR count). The maximum Gasteiger partial charge on any atom is 0.302 e. The molecule has 0 saturated carbocycles. The topological polar surface area (TPSA) is 77.1 Å². The first kappa shape index (κ1) is 22.0. The van der Waals surface area contributed by atoms with Crippen LogP contribution in [0.5, 0.6) is 0 Å². The Labute approximate surface area is 200 Å². The van der Waals surface area contributed by atoms with Gasteiger partial charge >= 0.3 is 5.56 Å². The van der Waals surface area contributed by atoms with Crippen molar-refractivity contribution in [3.05, 3.63) is 93.8 Å². The van der Waals surface area contributed by atoms with Gasteiger partial charge in [-0.1, -0.05) is 47.7 Å². The largest absolute Gasteiger partial charge is 0.448 e. The fraction of sp³-hybridized carbons (Fsp3) is 0.148. The van der Waals surface area contributed by atoms with E-state index in [1.807, 2.05) is 81.4 Å². The average Bonchev–Trinajstić information content (AvgIpc) is 3.17. The van der Waals surface area contributed by atoms with Crippen molar-refractivity contribution in [2.45, 2.75) is 25.9 Å². The summed E-state index contributed by atoms with van der Waals surface area (Å²) in [5, 5.41) is 4.15. The highest BCUT2D eigenvalue weighted by molar-refractivity contribution is 7.99. The van der Waals surface area contributed by atoms with Gasteiger partial charge in [-0.25, -0.2) is 4.98 Å². The van der Waals surface area contributed by atoms with E-state index in [-0.39, 0.29) is 22.8 Å². The van der Waals surface area contributed by atoms with E-state index in [0.29, 0.717) is 21.9 Å². The lowest BCUT2D eigenvalue weighted by atomic mass is 10.1. The number of aromatic nitrogens is 2. The molecule has 0 aliphatic heterocycles. The Kier molecular flexibility index (Phi) is 5.71. The molecule has 0 atom stereocenters. The first-order chi connectivity index (χ1) is 16.4. The zero-order chi connectivity index (χ0) is 23.8. The zero-order valence-electron chi connectivity index (χ0n) is 19.1. The van der Waals surface area contributed by atoms with Crippen LogP contribution in [0, 0.1) is 20.8 Å². The highest BCUT2D eigenvalue weighted by Crippen LogP contribution is 2.28. The Hall–Kier alpha value is -3.84. The molecule has 0 unspecified atom stereocenters. The molecule has 0 aliphatic carbocycles. The van der Waals surface area contributed by atoms with Gasteiger partial charge in [0.1, 0.15) is 11.1 Å². The lowest BCUT2D eigenvalue weighted by molar-refractivity contribution is -0.113. The Morgan fingerprint density at radius 1 is 0.971 bits per heavy atom. The number of anilines is 1. The molecular formula is C27H23N3O3S. The Morgan fingerprint density at radius 2 is 1.68 bits per heavy atom. The number of nitrogens with zero attached hydrogens (tertiary/aromatic N) is 2. The van der Waals surface area contributed by atoms with E-state index in [0.717, 1.165) is 27.8 Å². The minimum Gasteiger partial charge on any atom is -0.448 e. The van der Waals surface area contributed by atoms with Crippen molar-refractivity contribution in [3.8, 4) is 5.69 Å². The number of fused-ring (bicyclic) bond motifs is 3. The van der Waals surface area contributed by atoms with E-state index in [1.54, 1.807) is 0 Å². The first-order valence-corrected chi connectivity index (χ1v) is 11.9. The minimum atomic E-state index is -0.303. The molecular weight excluding hydrogens is 446 g/mol. The van der Waals surface area contributed by atoms with Crippen molar-refractivity contribution in [1.29, 1.82) is 0 Å². The predicted molar refractivity (Wildman–Crippen MR) is 137 cm³/mol. The van der Waals surface area contributed by atoms with Crippen molar-refractivity contribution in [2.75, 3.05) is 11.1 Å². The van der Waals surface area contributed by atoms with Crippen LogP contribution in [-0.2, 0) is 4.79 Å². The van der Waals surface area contributed by atoms with Crippen molar-refractivity contribution in [3.63, 3.8) is 0 Å². The number of hydrogen-bond donors (Lipinski definition) is 1. The monoisotopic (exact) mass is 469 g/mol. The standard InChI is InChI=1S/C27H23N3O3S/c1-16-8-10-20(11-9-16)30-26(32)25-24(21-6-4-5-7-22(21)33-25)29-27(30)34-15-23(31)28-19-13-17(2)12-18(3)14-19/h4-14H,15H2,1-3H3,(H,28,31). The van der Waals surface area contributed by atoms with Crippen LogP contribution in [-0.4, -0.2) is 21.2 Å². The van der Waals surface area contributed by atoms with Gasteiger partial charge in [0.05, 0.1) is 11.4 Å². The average molecular weight is 470 g/mol. The summed E-state index contributed by atoms with van der Waals surface area (Å²) in [6.45, 7) is 5.97. The summed E-state index contributed by atoms with van der Waals surface area (Å²) in [4.78, 5) is 31.1. The Bertz CT molecular complexity index is 1580. The molecule has 170 valence electrons. The molecule has 34 heavy (non-hydrogen) atoms. The number of aryl methyl sites for hydroxylation is 3. The second kappa shape index (κ2) is 8.83. The lowest BCUT2D eigenvalue weighted by Gasteiger charge is -2.12. The van der Waals surface area contributed by atoms with Gasteiger partial charge in [-0.2, -0.15) is 0 Å². The molecule has 0 spiro atoms. The molecule has 0 fully saturated rings. The fourth-order valence-electron chi connectivity index (χ4n) is 4.01. The molecule has 0 saturated heterocycles. The number of benzene rings is 3. The number of hydrogen-bond acceptors (Lipinski definition) is 5. The van der Waals surface area contributed by atoms with Crippen molar-refractivity contribution in [1.82, 2.24) is 9.55 Å². The lowest BCUT2D eigenvalue weighted by Crippen LogP contribution is -2.22. The van der Waals surface area contributed by atoms with Crippen molar-refractivity contribution >= 4 is 45.4 Å². The van der Waals surface area contributed by atoms with Crippen LogP contribution in [0.15, 0.2) is 81.1 Å². The summed E-state index contributed by atoms with van der Waals surface area (Å²) in [7, 11) is 0. The predicted octanol–water partition coefficient (Wildman–Crippen LogP) is 5.79. The number of nitrogens with one attached hydrogen (secondary N) is 1. The summed E-state index contributed by atoms with van der Waals surface area (Å²) < 4.78 is 7.38. The van der Waals surface area contributed by atoms with Gasteiger partial charge in [0.15, 0.2) is 5.16 Å². The minimum absolute atomic E-state index is 0.104. The van der Waals surface area contributed by atoms with E-state index in [2.05, 4.69) is 11.4 Å². The maximum atomic E-state index is 13.5. The van der Waals surface area contributed by atoms with E-state index >= 15 is 0 Å². The molecule has 1 amide bonds. The SMILES string of the molecule is Cc1ccc(-n2c(SCC(=O)Nc3cc(C)cc(C)c3)nc3c(oc4ccccc43)c2=O)cc1. The Balaban J connectivity index is 1.54. The van der Waals surface area contributed by atoms with Gasteiger partial charge in [0.2, 0.25) is 11.5 Å². The van der Waals surface area contributed by atoms with Gasteiger partial charge in [-0.05, 0) is 68.3 Å². The van der Waals surface area contributed by atoms with Crippen LogP contribution in [0.25, 0.3) is 27.8 Å². The maximum absolute atomic E-state index is 13.5. The number of thioether (sulfide) groups is 1. The molecule has 2 aromatic heterocycles. The molecule has 0 aliphatic rings. The van der Waals surface area contributed by atoms with Gasteiger partial charge in [0.25, 0.3) is 0 Å². The number of rotatable bonds is 5. The fourth-order valence-corrected chi connectivity index (χ4v) is 4.82. The third kappa shape index (κ3) is 4.22. The van der Waals surface area contributed by atoms with Crippen LogP contribution in [0.3, 0.4) is 0 Å². The normalized spacial score (nSPS) is 11.3. The molecule has 6 nitrogen and oxygen atoms in total. The second-order valence-corrected chi connectivity index (χ2v) is 9.30. The molecule has 3 aromatic carbocycles. The number of carbonyl (C=O) groups excluding carboxylic acids is 1. The van der Waals surface area contributed by atoms with E-state index in [9.17, 15) is 9.59 Å². The molecule has 1 N–H and O–H groups in total. The summed E-state index contributed by atoms with van der Waals surface area (Å²) in [6.07, 6.45) is 0.